The molecule has 1 aliphatic heterocycles. The van der Waals surface area contributed by atoms with Gasteiger partial charge in [0.15, 0.2) is 0 Å². The predicted molar refractivity (Wildman–Crippen MR) is 179 cm³/mol. The van der Waals surface area contributed by atoms with E-state index in [9.17, 15) is 19.2 Å². The number of piperazine rings is 1. The van der Waals surface area contributed by atoms with Crippen LogP contribution in [0.5, 0.6) is 0 Å². The topological polar surface area (TPSA) is 129 Å². The summed E-state index contributed by atoms with van der Waals surface area (Å²) in [6, 6.07) is 8.54. The molecule has 3 N–H and O–H groups in total. The number of nitrogens with one attached hydrogen (secondary N) is 3. The van der Waals surface area contributed by atoms with Crippen LogP contribution in [-0.2, 0) is 20.9 Å². The van der Waals surface area contributed by atoms with Gasteiger partial charge in [-0.25, -0.2) is 0 Å². The van der Waals surface area contributed by atoms with Crippen molar-refractivity contribution in [3.05, 3.63) is 47.8 Å². The first-order chi connectivity index (χ1) is 22.1. The van der Waals surface area contributed by atoms with Crippen LogP contribution in [0.15, 0.2) is 36.5 Å². The second-order valence-corrected chi connectivity index (χ2v) is 13.0. The summed E-state index contributed by atoms with van der Waals surface area (Å²) in [5, 5.41) is 13.4. The van der Waals surface area contributed by atoms with Gasteiger partial charge in [-0.2, -0.15) is 5.10 Å². The molecule has 252 valence electrons. The van der Waals surface area contributed by atoms with Crippen molar-refractivity contribution in [1.29, 1.82) is 0 Å². The number of carbonyl (C=O) groups excluding carboxylic acids is 4. The molecule has 0 bridgehead atoms. The van der Waals surface area contributed by atoms with Gasteiger partial charge in [-0.05, 0) is 69.8 Å². The Morgan fingerprint density at radius 1 is 0.935 bits per heavy atom. The van der Waals surface area contributed by atoms with Crippen molar-refractivity contribution in [3.63, 3.8) is 0 Å². The monoisotopic (exact) mass is 635 g/mol. The molecule has 4 rings (SSSR count). The highest BCUT2D eigenvalue weighted by Gasteiger charge is 2.43. The summed E-state index contributed by atoms with van der Waals surface area (Å²) < 4.78 is 1.63. The van der Waals surface area contributed by atoms with Crippen molar-refractivity contribution >= 4 is 29.3 Å². The van der Waals surface area contributed by atoms with Crippen LogP contribution in [0.4, 0.5) is 5.69 Å². The molecule has 46 heavy (non-hydrogen) atoms. The van der Waals surface area contributed by atoms with E-state index in [1.165, 1.54) is 0 Å². The molecular weight excluding hydrogens is 582 g/mol. The van der Waals surface area contributed by atoms with Crippen molar-refractivity contribution in [2.24, 2.45) is 5.92 Å². The third kappa shape index (κ3) is 8.34. The first-order valence-electron chi connectivity index (χ1n) is 17.1. The third-order valence-corrected chi connectivity index (χ3v) is 9.92. The number of carbonyl (C=O) groups is 4. The largest absolute Gasteiger partial charge is 0.344 e. The number of hydrogen-bond donors (Lipinski definition) is 3. The van der Waals surface area contributed by atoms with Crippen LogP contribution >= 0.6 is 0 Å². The van der Waals surface area contributed by atoms with Gasteiger partial charge in [-0.3, -0.25) is 23.9 Å². The highest BCUT2D eigenvalue weighted by molar-refractivity contribution is 6.03. The van der Waals surface area contributed by atoms with E-state index in [1.807, 2.05) is 57.0 Å². The molecule has 0 radical (unpaired) electrons. The van der Waals surface area contributed by atoms with E-state index < -0.39 is 11.6 Å². The number of anilines is 1. The van der Waals surface area contributed by atoms with Gasteiger partial charge in [-0.1, -0.05) is 51.7 Å². The maximum absolute atomic E-state index is 14.1. The quantitative estimate of drug-likeness (QED) is 0.301. The highest BCUT2D eigenvalue weighted by Crippen LogP contribution is 2.34. The molecule has 4 amide bonds. The van der Waals surface area contributed by atoms with Gasteiger partial charge in [0.1, 0.15) is 17.3 Å². The SMILES string of the molecule is CCC(=O)N[C@@H](C(=O)N1CCN(C)CC1)[C@@H](CC)c1ccc(NC(=O)[C@](C)(NC(=O)c2ccnn2CC)C2CCCCCC2)cc1. The average Bonchev–Trinajstić information content (AvgIpc) is 3.38. The van der Waals surface area contributed by atoms with Gasteiger partial charge in [0.25, 0.3) is 5.91 Å². The van der Waals surface area contributed by atoms with Crippen LogP contribution in [0.3, 0.4) is 0 Å². The lowest BCUT2D eigenvalue weighted by atomic mass is 9.79. The van der Waals surface area contributed by atoms with Crippen molar-refractivity contribution in [3.8, 4) is 0 Å². The number of nitrogens with zero attached hydrogens (tertiary/aromatic N) is 4. The van der Waals surface area contributed by atoms with Gasteiger partial charge in [0.05, 0.1) is 0 Å². The van der Waals surface area contributed by atoms with E-state index in [0.29, 0.717) is 43.9 Å². The van der Waals surface area contributed by atoms with Crippen molar-refractivity contribution in [2.45, 2.75) is 103 Å². The molecule has 2 aliphatic rings. The fourth-order valence-corrected chi connectivity index (χ4v) is 6.85. The molecule has 1 aromatic carbocycles. The molecule has 11 heteroatoms. The van der Waals surface area contributed by atoms with Crippen molar-refractivity contribution in [1.82, 2.24) is 30.2 Å². The first kappa shape index (κ1) is 35.1. The summed E-state index contributed by atoms with van der Waals surface area (Å²) >= 11 is 0. The van der Waals surface area contributed by atoms with Crippen LogP contribution in [0.1, 0.15) is 101 Å². The number of aryl methyl sites for hydroxylation is 1. The van der Waals surface area contributed by atoms with Crippen LogP contribution in [-0.4, -0.2) is 88.0 Å². The number of aromatic nitrogens is 2. The average molecular weight is 636 g/mol. The number of likely N-dealkylation sites (N-methyl/N-ethyl adjacent to an activating group) is 1. The molecule has 0 spiro atoms. The molecular formula is C35H53N7O4. The third-order valence-electron chi connectivity index (χ3n) is 9.92. The van der Waals surface area contributed by atoms with Crippen LogP contribution in [0.25, 0.3) is 0 Å². The Morgan fingerprint density at radius 3 is 2.17 bits per heavy atom. The van der Waals surface area contributed by atoms with E-state index in [2.05, 4.69) is 25.9 Å². The summed E-state index contributed by atoms with van der Waals surface area (Å²) in [5.74, 6) is -1.02. The minimum atomic E-state index is -1.13. The lowest BCUT2D eigenvalue weighted by Crippen LogP contribution is -2.59. The summed E-state index contributed by atoms with van der Waals surface area (Å²) in [4.78, 5) is 57.9. The van der Waals surface area contributed by atoms with Crippen molar-refractivity contribution < 1.29 is 19.2 Å². The van der Waals surface area contributed by atoms with E-state index >= 15 is 0 Å². The fraction of sp³-hybridized carbons (Fsp3) is 0.629. The molecule has 0 unspecified atom stereocenters. The first-order valence-corrected chi connectivity index (χ1v) is 17.1. The zero-order chi connectivity index (χ0) is 33.3. The Bertz CT molecular complexity index is 1330. The second kappa shape index (κ2) is 16.2. The Labute approximate surface area is 273 Å². The summed E-state index contributed by atoms with van der Waals surface area (Å²) in [6.07, 6.45) is 8.57. The highest BCUT2D eigenvalue weighted by atomic mass is 16.2. The van der Waals surface area contributed by atoms with Crippen LogP contribution in [0, 0.1) is 5.92 Å². The Kier molecular flexibility index (Phi) is 12.4. The van der Waals surface area contributed by atoms with Gasteiger partial charge in [-0.15, -0.1) is 0 Å². The summed E-state index contributed by atoms with van der Waals surface area (Å²) in [5.41, 5.74) is 0.827. The van der Waals surface area contributed by atoms with E-state index in [0.717, 1.165) is 57.2 Å². The van der Waals surface area contributed by atoms with Gasteiger partial charge in [0, 0.05) is 56.9 Å². The standard InChI is InChI=1S/C35H53N7O4/c1-6-28(31(38-30(43)7-2)33(45)41-23-21-40(5)22-24-41)25-15-17-27(18-16-25)37-34(46)35(4,26-13-11-9-10-12-14-26)39-32(44)29-19-20-36-42(29)8-3/h15-20,26,28,31H,6-14,21-24H2,1-5H3,(H,37,46)(H,38,43)(H,39,44)/t28-,31+,35+/m0/s1. The summed E-state index contributed by atoms with van der Waals surface area (Å²) in [6.45, 7) is 11.0. The molecule has 3 atom stereocenters. The van der Waals surface area contributed by atoms with E-state index in [-0.39, 0.29) is 35.5 Å². The maximum Gasteiger partial charge on any atom is 0.270 e. The zero-order valence-electron chi connectivity index (χ0n) is 28.3. The number of benzene rings is 1. The molecule has 1 saturated heterocycles. The van der Waals surface area contributed by atoms with Gasteiger partial charge < -0.3 is 25.8 Å². The van der Waals surface area contributed by atoms with E-state index in [1.54, 1.807) is 23.9 Å². The minimum Gasteiger partial charge on any atom is -0.344 e. The molecule has 2 fully saturated rings. The minimum absolute atomic E-state index is 0.00999. The molecule has 11 nitrogen and oxygen atoms in total. The molecule has 1 aliphatic carbocycles. The second-order valence-electron chi connectivity index (χ2n) is 13.0. The number of rotatable bonds is 12. The maximum atomic E-state index is 14.1. The normalized spacial score (nSPS) is 18.9. The predicted octanol–water partition coefficient (Wildman–Crippen LogP) is 4.16. The molecule has 1 aromatic heterocycles. The molecule has 2 heterocycles. The van der Waals surface area contributed by atoms with Crippen LogP contribution < -0.4 is 16.0 Å². The Morgan fingerprint density at radius 2 is 1.59 bits per heavy atom. The molecule has 1 saturated carbocycles. The van der Waals surface area contributed by atoms with Gasteiger partial charge >= 0.3 is 0 Å². The fourth-order valence-electron chi connectivity index (χ4n) is 6.85. The number of hydrogen-bond acceptors (Lipinski definition) is 6. The Balaban J connectivity index is 1.54. The lowest BCUT2D eigenvalue weighted by Gasteiger charge is -2.37. The number of amides is 4. The Hall–Kier alpha value is -3.73. The summed E-state index contributed by atoms with van der Waals surface area (Å²) in [7, 11) is 2.04. The van der Waals surface area contributed by atoms with E-state index in [4.69, 9.17) is 0 Å². The zero-order valence-corrected chi connectivity index (χ0v) is 28.3. The molecule has 2 aromatic rings. The van der Waals surface area contributed by atoms with Gasteiger partial charge in [0.2, 0.25) is 17.7 Å². The van der Waals surface area contributed by atoms with Crippen molar-refractivity contribution in [2.75, 3.05) is 38.5 Å². The smallest absolute Gasteiger partial charge is 0.270 e. The lowest BCUT2D eigenvalue weighted by molar-refractivity contribution is -0.138. The van der Waals surface area contributed by atoms with Crippen LogP contribution in [0.2, 0.25) is 0 Å².